The Morgan fingerprint density at radius 2 is 1.81 bits per heavy atom. The molecule has 1 aliphatic carbocycles. The number of imidazole rings is 1. The number of benzene rings is 3. The summed E-state index contributed by atoms with van der Waals surface area (Å²) in [5.41, 5.74) is 4.00. The summed E-state index contributed by atoms with van der Waals surface area (Å²) in [6, 6.07) is 18.3. The van der Waals surface area contributed by atoms with Crippen molar-refractivity contribution in [2.75, 3.05) is 10.6 Å². The molecule has 1 aliphatic rings. The lowest BCUT2D eigenvalue weighted by molar-refractivity contribution is -0.130. The van der Waals surface area contributed by atoms with E-state index in [4.69, 9.17) is 11.6 Å². The maximum absolute atomic E-state index is 12.7. The standard InChI is InChI=1S/C28H27BrClN5O2/c1-28(12-2-3-13-28)26(37)31-16-17-4-10-21(30)23(14-17)34-27-33-22-11-5-18(15-24(22)35-27)25(36)32-20-8-6-19(29)7-9-20/h4-11,14-15H,2-3,12-13,16H2,1H3,(H,31,37)(H,32,36)(H2,33,34,35). The van der Waals surface area contributed by atoms with Gasteiger partial charge in [0.15, 0.2) is 0 Å². The number of anilines is 3. The fourth-order valence-corrected chi connectivity index (χ4v) is 5.06. The van der Waals surface area contributed by atoms with Crippen molar-refractivity contribution in [3.8, 4) is 0 Å². The quantitative estimate of drug-likeness (QED) is 0.186. The molecule has 0 saturated heterocycles. The van der Waals surface area contributed by atoms with Gasteiger partial charge in [0.1, 0.15) is 0 Å². The minimum atomic E-state index is -0.268. The van der Waals surface area contributed by atoms with E-state index in [0.717, 1.165) is 41.2 Å². The number of H-pyrrole nitrogens is 1. The number of halogens is 2. The Morgan fingerprint density at radius 3 is 2.57 bits per heavy atom. The minimum Gasteiger partial charge on any atom is -0.352 e. The molecule has 4 aromatic rings. The topological polar surface area (TPSA) is 98.9 Å². The van der Waals surface area contributed by atoms with Crippen LogP contribution in [-0.4, -0.2) is 21.8 Å². The first-order chi connectivity index (χ1) is 17.8. The van der Waals surface area contributed by atoms with E-state index in [1.54, 1.807) is 24.3 Å². The Balaban J connectivity index is 1.27. The van der Waals surface area contributed by atoms with E-state index >= 15 is 0 Å². The number of aromatic nitrogens is 2. The van der Waals surface area contributed by atoms with Crippen LogP contribution in [0.2, 0.25) is 5.02 Å². The maximum atomic E-state index is 12.7. The van der Waals surface area contributed by atoms with Gasteiger partial charge in [0.25, 0.3) is 5.91 Å². The number of rotatable bonds is 7. The maximum Gasteiger partial charge on any atom is 0.255 e. The van der Waals surface area contributed by atoms with Gasteiger partial charge in [-0.05, 0) is 73.0 Å². The Hall–Kier alpha value is -3.36. The van der Waals surface area contributed by atoms with E-state index in [1.165, 1.54) is 0 Å². The molecule has 1 aromatic heterocycles. The molecular formula is C28H27BrClN5O2. The highest BCUT2D eigenvalue weighted by Crippen LogP contribution is 2.37. The highest BCUT2D eigenvalue weighted by Gasteiger charge is 2.35. The summed E-state index contributed by atoms with van der Waals surface area (Å²) in [5, 5.41) is 9.73. The molecule has 0 aliphatic heterocycles. The molecule has 0 atom stereocenters. The third kappa shape index (κ3) is 5.81. The molecule has 3 aromatic carbocycles. The van der Waals surface area contributed by atoms with Crippen LogP contribution in [0.1, 0.15) is 48.5 Å². The molecule has 1 heterocycles. The predicted molar refractivity (Wildman–Crippen MR) is 151 cm³/mol. The number of carbonyl (C=O) groups excluding carboxylic acids is 2. The van der Waals surface area contributed by atoms with Crippen molar-refractivity contribution in [3.63, 3.8) is 0 Å². The van der Waals surface area contributed by atoms with E-state index in [9.17, 15) is 9.59 Å². The predicted octanol–water partition coefficient (Wildman–Crippen LogP) is 7.17. The SMILES string of the molecule is CC1(C(=O)NCc2ccc(Cl)c(Nc3nc4ccc(C(=O)Nc5ccc(Br)cc5)cc4[nH]3)c2)CCCC1. The van der Waals surface area contributed by atoms with Crippen LogP contribution in [0.5, 0.6) is 0 Å². The van der Waals surface area contributed by atoms with Gasteiger partial charge in [-0.3, -0.25) is 9.59 Å². The number of hydrogen-bond donors (Lipinski definition) is 4. The monoisotopic (exact) mass is 579 g/mol. The molecule has 1 fully saturated rings. The van der Waals surface area contributed by atoms with Crippen LogP contribution in [0.4, 0.5) is 17.3 Å². The highest BCUT2D eigenvalue weighted by atomic mass is 79.9. The van der Waals surface area contributed by atoms with Crippen LogP contribution >= 0.6 is 27.5 Å². The zero-order valence-corrected chi connectivity index (χ0v) is 22.7. The first-order valence-corrected chi connectivity index (χ1v) is 13.4. The number of nitrogens with one attached hydrogen (secondary N) is 4. The van der Waals surface area contributed by atoms with Crippen LogP contribution in [0.3, 0.4) is 0 Å². The van der Waals surface area contributed by atoms with Crippen molar-refractivity contribution in [1.82, 2.24) is 15.3 Å². The van der Waals surface area contributed by atoms with Gasteiger partial charge in [0.05, 0.1) is 21.7 Å². The van der Waals surface area contributed by atoms with E-state index in [0.29, 0.717) is 40.0 Å². The molecule has 2 amide bonds. The molecule has 7 nitrogen and oxygen atoms in total. The van der Waals surface area contributed by atoms with E-state index in [1.807, 2.05) is 43.3 Å². The molecule has 5 rings (SSSR count). The minimum absolute atomic E-state index is 0.103. The van der Waals surface area contributed by atoms with Gasteiger partial charge in [0, 0.05) is 27.7 Å². The fraction of sp³-hybridized carbons (Fsp3) is 0.250. The Labute approximate surface area is 228 Å². The normalized spacial score (nSPS) is 14.5. The summed E-state index contributed by atoms with van der Waals surface area (Å²) in [6.45, 7) is 2.47. The number of carbonyl (C=O) groups is 2. The molecule has 1 saturated carbocycles. The lowest BCUT2D eigenvalue weighted by Crippen LogP contribution is -2.36. The zero-order chi connectivity index (χ0) is 26.0. The van der Waals surface area contributed by atoms with E-state index in [2.05, 4.69) is 41.8 Å². The van der Waals surface area contributed by atoms with Gasteiger partial charge < -0.3 is 20.9 Å². The molecule has 9 heteroatoms. The van der Waals surface area contributed by atoms with Gasteiger partial charge in [-0.25, -0.2) is 4.98 Å². The number of hydrogen-bond acceptors (Lipinski definition) is 4. The molecule has 0 unspecified atom stereocenters. The van der Waals surface area contributed by atoms with Gasteiger partial charge in [-0.1, -0.05) is 53.4 Å². The molecular weight excluding hydrogens is 554 g/mol. The van der Waals surface area contributed by atoms with E-state index < -0.39 is 0 Å². The second kappa shape index (κ2) is 10.6. The van der Waals surface area contributed by atoms with Crippen molar-refractivity contribution in [3.05, 3.63) is 81.3 Å². The average Bonchev–Trinajstić information content (AvgIpc) is 3.51. The first kappa shape index (κ1) is 25.3. The second-order valence-electron chi connectivity index (χ2n) is 9.67. The molecule has 0 bridgehead atoms. The summed E-state index contributed by atoms with van der Waals surface area (Å²) in [4.78, 5) is 33.2. The highest BCUT2D eigenvalue weighted by molar-refractivity contribution is 9.10. The number of nitrogens with zero attached hydrogens (tertiary/aromatic N) is 1. The van der Waals surface area contributed by atoms with Crippen molar-refractivity contribution >= 4 is 67.7 Å². The molecule has 37 heavy (non-hydrogen) atoms. The van der Waals surface area contributed by atoms with Crippen LogP contribution < -0.4 is 16.0 Å². The third-order valence-electron chi connectivity index (χ3n) is 6.84. The summed E-state index contributed by atoms with van der Waals surface area (Å²) in [7, 11) is 0. The molecule has 4 N–H and O–H groups in total. The zero-order valence-electron chi connectivity index (χ0n) is 20.3. The fourth-order valence-electron chi connectivity index (χ4n) is 4.63. The molecule has 190 valence electrons. The number of amides is 2. The van der Waals surface area contributed by atoms with Crippen molar-refractivity contribution < 1.29 is 9.59 Å². The van der Waals surface area contributed by atoms with Crippen molar-refractivity contribution in [1.29, 1.82) is 0 Å². The van der Waals surface area contributed by atoms with Crippen molar-refractivity contribution in [2.45, 2.75) is 39.2 Å². The van der Waals surface area contributed by atoms with Gasteiger partial charge in [-0.15, -0.1) is 0 Å². The van der Waals surface area contributed by atoms with Crippen LogP contribution in [-0.2, 0) is 11.3 Å². The van der Waals surface area contributed by atoms with Gasteiger partial charge in [-0.2, -0.15) is 0 Å². The third-order valence-corrected chi connectivity index (χ3v) is 7.70. The Kier molecular flexibility index (Phi) is 7.22. The van der Waals surface area contributed by atoms with Crippen LogP contribution in [0.25, 0.3) is 11.0 Å². The average molecular weight is 581 g/mol. The first-order valence-electron chi connectivity index (χ1n) is 12.2. The van der Waals surface area contributed by atoms with E-state index in [-0.39, 0.29) is 17.2 Å². The largest absolute Gasteiger partial charge is 0.352 e. The summed E-state index contributed by atoms with van der Waals surface area (Å²) < 4.78 is 0.943. The lowest BCUT2D eigenvalue weighted by Gasteiger charge is -2.22. The van der Waals surface area contributed by atoms with Crippen LogP contribution in [0.15, 0.2) is 65.1 Å². The summed E-state index contributed by atoms with van der Waals surface area (Å²) in [6.07, 6.45) is 4.08. The lowest BCUT2D eigenvalue weighted by atomic mass is 9.88. The van der Waals surface area contributed by atoms with Crippen LogP contribution in [0, 0.1) is 5.41 Å². The summed E-state index contributed by atoms with van der Waals surface area (Å²) in [5.74, 6) is 0.395. The summed E-state index contributed by atoms with van der Waals surface area (Å²) >= 11 is 9.83. The smallest absolute Gasteiger partial charge is 0.255 e. The number of aromatic amines is 1. The van der Waals surface area contributed by atoms with Crippen molar-refractivity contribution in [2.24, 2.45) is 5.41 Å². The Bertz CT molecular complexity index is 1460. The second-order valence-corrected chi connectivity index (χ2v) is 11.0. The molecule has 0 spiro atoms. The van der Waals surface area contributed by atoms with Gasteiger partial charge >= 0.3 is 0 Å². The van der Waals surface area contributed by atoms with Gasteiger partial charge in [0.2, 0.25) is 11.9 Å². The molecule has 0 radical (unpaired) electrons. The number of fused-ring (bicyclic) bond motifs is 1. The Morgan fingerprint density at radius 1 is 1.05 bits per heavy atom.